The maximum Gasteiger partial charge on any atom is 0.462 e. The molecule has 25 heavy (non-hydrogen) atoms. The number of hydrogen-bond acceptors (Lipinski definition) is 4. The number of benzene rings is 1. The quantitative estimate of drug-likeness (QED) is 0.850. The van der Waals surface area contributed by atoms with Crippen molar-refractivity contribution in [2.75, 3.05) is 7.11 Å². The van der Waals surface area contributed by atoms with Crippen LogP contribution in [0.2, 0.25) is 0 Å². The normalized spacial score (nSPS) is 35.0. The van der Waals surface area contributed by atoms with Gasteiger partial charge < -0.3 is 19.2 Å². The molecule has 4 unspecified atom stereocenters. The Morgan fingerprint density at radius 3 is 2.76 bits per heavy atom. The number of carboxylic acid groups (broad SMARTS) is 1. The van der Waals surface area contributed by atoms with Gasteiger partial charge in [0.1, 0.15) is 5.75 Å². The topological polar surface area (TPSA) is 65.0 Å². The molecule has 1 N–H and O–H groups in total. The summed E-state index contributed by atoms with van der Waals surface area (Å²) in [5.41, 5.74) is 1.12. The third-order valence-electron chi connectivity index (χ3n) is 6.92. The fraction of sp³-hybridized carbons (Fsp3) is 0.632. The monoisotopic (exact) mass is 344 g/mol. The minimum Gasteiger partial charge on any atom is -0.497 e. The fourth-order valence-corrected chi connectivity index (χ4v) is 5.29. The number of ether oxygens (including phenoxy) is 1. The van der Waals surface area contributed by atoms with Gasteiger partial charge in [-0.1, -0.05) is 13.8 Å². The summed E-state index contributed by atoms with van der Waals surface area (Å²) >= 11 is 0. The maximum atomic E-state index is 11.3. The molecule has 3 aliphatic carbocycles. The van der Waals surface area contributed by atoms with Crippen LogP contribution in [0.25, 0.3) is 0 Å². The Hall–Kier alpha value is -1.53. The van der Waals surface area contributed by atoms with E-state index in [9.17, 15) is 9.90 Å². The van der Waals surface area contributed by atoms with Crippen LogP contribution in [0.4, 0.5) is 0 Å². The lowest BCUT2D eigenvalue weighted by molar-refractivity contribution is -0.199. The molecule has 5 rings (SSSR count). The molecule has 5 nitrogen and oxygen atoms in total. The number of carbonyl (C=O) groups is 1. The highest BCUT2D eigenvalue weighted by molar-refractivity contribution is 6.45. The lowest BCUT2D eigenvalue weighted by atomic mass is 9.43. The van der Waals surface area contributed by atoms with Gasteiger partial charge in [0.05, 0.1) is 24.4 Å². The van der Waals surface area contributed by atoms with Crippen molar-refractivity contribution in [3.05, 3.63) is 29.3 Å². The molecule has 1 aromatic rings. The van der Waals surface area contributed by atoms with Crippen molar-refractivity contribution in [2.24, 2.45) is 17.3 Å². The van der Waals surface area contributed by atoms with E-state index in [0.717, 1.165) is 12.0 Å². The summed E-state index contributed by atoms with van der Waals surface area (Å²) in [6.45, 7) is 6.86. The first kappa shape index (κ1) is 16.9. The summed E-state index contributed by atoms with van der Waals surface area (Å²) < 4.78 is 18.1. The van der Waals surface area contributed by atoms with Gasteiger partial charge in [0.25, 0.3) is 0 Å². The molecule has 1 aliphatic heterocycles. The molecule has 0 spiro atoms. The first-order valence-corrected chi connectivity index (χ1v) is 8.99. The number of methoxy groups -OCH3 is 1. The molecule has 4 aliphatic rings. The van der Waals surface area contributed by atoms with E-state index in [-0.39, 0.29) is 24.4 Å². The molecule has 3 saturated carbocycles. The van der Waals surface area contributed by atoms with Crippen molar-refractivity contribution in [1.82, 2.24) is 0 Å². The van der Waals surface area contributed by atoms with Gasteiger partial charge in [0, 0.05) is 6.32 Å². The minimum absolute atomic E-state index is 0.128. The zero-order chi connectivity index (χ0) is 18.0. The highest BCUT2D eigenvalue weighted by atomic mass is 16.7. The van der Waals surface area contributed by atoms with Crippen molar-refractivity contribution in [3.63, 3.8) is 0 Å². The van der Waals surface area contributed by atoms with E-state index in [1.54, 1.807) is 25.3 Å². The molecule has 1 heterocycles. The van der Waals surface area contributed by atoms with E-state index in [1.165, 1.54) is 6.42 Å². The van der Waals surface area contributed by atoms with Crippen LogP contribution < -0.4 is 4.74 Å². The van der Waals surface area contributed by atoms with Crippen LogP contribution in [-0.4, -0.2) is 37.0 Å². The average Bonchev–Trinajstić information content (AvgIpc) is 2.89. The molecule has 1 saturated heterocycles. The summed E-state index contributed by atoms with van der Waals surface area (Å²) in [4.78, 5) is 11.3. The second-order valence-corrected chi connectivity index (χ2v) is 8.43. The van der Waals surface area contributed by atoms with Crippen LogP contribution >= 0.6 is 0 Å². The lowest BCUT2D eigenvalue weighted by Crippen LogP contribution is -2.65. The molecule has 134 valence electrons. The van der Waals surface area contributed by atoms with E-state index >= 15 is 0 Å². The predicted octanol–water partition coefficient (Wildman–Crippen LogP) is 3.20. The van der Waals surface area contributed by atoms with Gasteiger partial charge in [-0.05, 0) is 60.8 Å². The van der Waals surface area contributed by atoms with E-state index in [1.807, 2.05) is 0 Å². The third kappa shape index (κ3) is 2.41. The molecule has 0 amide bonds. The molecular formula is C19H25BO5. The Bertz CT molecular complexity index is 718. The maximum absolute atomic E-state index is 11.3. The molecule has 4 fully saturated rings. The van der Waals surface area contributed by atoms with E-state index in [4.69, 9.17) is 14.0 Å². The van der Waals surface area contributed by atoms with Crippen LogP contribution in [-0.2, 0) is 15.6 Å². The molecule has 2 bridgehead atoms. The number of rotatable bonds is 4. The van der Waals surface area contributed by atoms with Crippen molar-refractivity contribution < 1.29 is 23.9 Å². The summed E-state index contributed by atoms with van der Waals surface area (Å²) in [5.74, 6) is 0.950. The van der Waals surface area contributed by atoms with Crippen LogP contribution in [0, 0.1) is 17.3 Å². The van der Waals surface area contributed by atoms with Crippen LogP contribution in [0.1, 0.15) is 49.5 Å². The first-order chi connectivity index (χ1) is 11.8. The fourth-order valence-electron chi connectivity index (χ4n) is 5.29. The Kier molecular flexibility index (Phi) is 3.71. The van der Waals surface area contributed by atoms with Gasteiger partial charge in [-0.25, -0.2) is 4.79 Å². The van der Waals surface area contributed by atoms with Gasteiger partial charge in [-0.2, -0.15) is 0 Å². The molecule has 4 atom stereocenters. The number of aromatic carboxylic acids is 1. The molecule has 0 aromatic heterocycles. The Labute approximate surface area is 148 Å². The van der Waals surface area contributed by atoms with E-state index < -0.39 is 5.97 Å². The van der Waals surface area contributed by atoms with Gasteiger partial charge in [-0.3, -0.25) is 0 Å². The average molecular weight is 344 g/mol. The second-order valence-electron chi connectivity index (χ2n) is 8.43. The van der Waals surface area contributed by atoms with Crippen LogP contribution in [0.5, 0.6) is 5.75 Å². The number of carboxylic acids is 1. The van der Waals surface area contributed by atoms with E-state index in [2.05, 4.69) is 20.8 Å². The second kappa shape index (κ2) is 5.48. The van der Waals surface area contributed by atoms with Crippen molar-refractivity contribution in [2.45, 2.75) is 51.6 Å². The molecule has 1 aromatic carbocycles. The predicted molar refractivity (Wildman–Crippen MR) is 93.8 cm³/mol. The molecule has 6 heteroatoms. The summed E-state index contributed by atoms with van der Waals surface area (Å²) in [6, 6.07) is 4.91. The molecule has 0 radical (unpaired) electrons. The van der Waals surface area contributed by atoms with Gasteiger partial charge in [0.2, 0.25) is 0 Å². The zero-order valence-corrected chi connectivity index (χ0v) is 15.2. The van der Waals surface area contributed by atoms with Crippen molar-refractivity contribution in [3.8, 4) is 5.75 Å². The summed E-state index contributed by atoms with van der Waals surface area (Å²) in [6.07, 6.45) is 2.88. The van der Waals surface area contributed by atoms with Gasteiger partial charge in [0.15, 0.2) is 0 Å². The summed E-state index contributed by atoms with van der Waals surface area (Å²) in [7, 11) is 1.23. The Balaban J connectivity index is 1.56. The van der Waals surface area contributed by atoms with Crippen LogP contribution in [0.15, 0.2) is 18.2 Å². The minimum atomic E-state index is -0.944. The smallest absolute Gasteiger partial charge is 0.462 e. The highest BCUT2D eigenvalue weighted by Crippen LogP contribution is 2.65. The van der Waals surface area contributed by atoms with Crippen LogP contribution in [0.3, 0.4) is 0 Å². The van der Waals surface area contributed by atoms with Crippen molar-refractivity contribution in [1.29, 1.82) is 0 Å². The number of hydrogen-bond donors (Lipinski definition) is 1. The lowest BCUT2D eigenvalue weighted by Gasteiger charge is -2.64. The largest absolute Gasteiger partial charge is 0.497 e. The standard InChI is InChI=1S/C19H25BO5/c1-18(2)13-8-15(18)19(3)16(9-13)24-20(25-19)10-12-7-11(17(21)22)5-6-14(12)23-4/h5-7,13,15-16H,8-10H2,1-4H3,(H,21,22). The summed E-state index contributed by atoms with van der Waals surface area (Å²) in [5, 5.41) is 9.24. The SMILES string of the molecule is COc1ccc(C(=O)O)cc1CB1OC2CC3CC(C3(C)C)C2(C)O1. The third-order valence-corrected chi connectivity index (χ3v) is 6.92. The van der Waals surface area contributed by atoms with Crippen molar-refractivity contribution >= 4 is 13.1 Å². The molecular weight excluding hydrogens is 319 g/mol. The Morgan fingerprint density at radius 1 is 1.36 bits per heavy atom. The van der Waals surface area contributed by atoms with E-state index in [0.29, 0.717) is 29.3 Å². The highest BCUT2D eigenvalue weighted by Gasteiger charge is 2.67. The zero-order valence-electron chi connectivity index (χ0n) is 15.2. The first-order valence-electron chi connectivity index (χ1n) is 8.99. The Morgan fingerprint density at radius 2 is 2.12 bits per heavy atom. The van der Waals surface area contributed by atoms with Gasteiger partial charge in [-0.15, -0.1) is 0 Å². The van der Waals surface area contributed by atoms with Gasteiger partial charge >= 0.3 is 13.1 Å².